The van der Waals surface area contributed by atoms with Crippen molar-refractivity contribution in [2.45, 2.75) is 19.3 Å². The molecule has 0 bridgehead atoms. The zero-order valence-electron chi connectivity index (χ0n) is 14.1. The van der Waals surface area contributed by atoms with E-state index in [9.17, 15) is 9.59 Å². The molecule has 0 aromatic rings. The first-order valence-corrected chi connectivity index (χ1v) is 7.71. The smallest absolute Gasteiger partial charge is 0.257 e. The topological polar surface area (TPSA) is 93.5 Å². The van der Waals surface area contributed by atoms with Crippen molar-refractivity contribution in [1.29, 1.82) is 0 Å². The van der Waals surface area contributed by atoms with Gasteiger partial charge in [0, 0.05) is 24.4 Å². The first-order chi connectivity index (χ1) is 11.5. The van der Waals surface area contributed by atoms with E-state index in [1.807, 2.05) is 6.08 Å². The molecule has 0 fully saturated rings. The Morgan fingerprint density at radius 3 is 2.58 bits per heavy atom. The molecule has 0 aromatic heterocycles. The first kappa shape index (κ1) is 21.2. The number of ether oxygens (including phenoxy) is 1. The molecule has 0 radical (unpaired) electrons. The van der Waals surface area contributed by atoms with E-state index in [2.05, 4.69) is 30.4 Å². The summed E-state index contributed by atoms with van der Waals surface area (Å²) in [6.07, 6.45) is 10.3. The zero-order valence-corrected chi connectivity index (χ0v) is 14.1. The maximum Gasteiger partial charge on any atom is 0.257 e. The predicted octanol–water partition coefficient (Wildman–Crippen LogP) is 1.69. The van der Waals surface area contributed by atoms with Crippen LogP contribution in [0, 0.1) is 0 Å². The third kappa shape index (κ3) is 11.9. The number of hydrogen-bond donors (Lipinski definition) is 3. The first-order valence-electron chi connectivity index (χ1n) is 7.71. The van der Waals surface area contributed by atoms with Crippen molar-refractivity contribution in [2.75, 3.05) is 19.7 Å². The zero-order chi connectivity index (χ0) is 18.2. The molecule has 0 aliphatic heterocycles. The highest BCUT2D eigenvalue weighted by Gasteiger charge is 2.07. The highest BCUT2D eigenvalue weighted by Crippen LogP contribution is 1.98. The summed E-state index contributed by atoms with van der Waals surface area (Å²) in [6.45, 7) is 11.4. The summed E-state index contributed by atoms with van der Waals surface area (Å²) in [4.78, 5) is 23.1. The minimum Gasteiger partial charge on any atom is -0.492 e. The molecule has 4 N–H and O–H groups in total. The van der Waals surface area contributed by atoms with Crippen LogP contribution >= 0.6 is 0 Å². The fraction of sp³-hybridized carbons (Fsp3) is 0.333. The monoisotopic (exact) mass is 333 g/mol. The minimum absolute atomic E-state index is 0.0812. The Bertz CT molecular complexity index is 508. The molecule has 2 amide bonds. The maximum absolute atomic E-state index is 11.8. The molecule has 6 nitrogen and oxygen atoms in total. The van der Waals surface area contributed by atoms with Gasteiger partial charge in [-0.05, 0) is 31.4 Å². The second-order valence-electron chi connectivity index (χ2n) is 4.88. The van der Waals surface area contributed by atoms with Crippen LogP contribution in [-0.4, -0.2) is 31.5 Å². The second kappa shape index (κ2) is 13.9. The van der Waals surface area contributed by atoms with Gasteiger partial charge >= 0.3 is 0 Å². The molecule has 0 saturated carbocycles. The summed E-state index contributed by atoms with van der Waals surface area (Å²) in [7, 11) is 0. The molecular weight excluding hydrogens is 306 g/mol. The molecule has 0 aliphatic carbocycles. The molecule has 0 atom stereocenters. The van der Waals surface area contributed by atoms with Crippen LogP contribution in [0.15, 0.2) is 61.6 Å². The summed E-state index contributed by atoms with van der Waals surface area (Å²) in [6, 6.07) is 0. The van der Waals surface area contributed by atoms with Crippen LogP contribution in [0.4, 0.5) is 0 Å². The van der Waals surface area contributed by atoms with Crippen LogP contribution < -0.4 is 16.4 Å². The number of allylic oxidation sites excluding steroid dienone is 4. The third-order valence-corrected chi connectivity index (χ3v) is 2.86. The summed E-state index contributed by atoms with van der Waals surface area (Å²) in [5.74, 6) is -0.471. The molecule has 6 heteroatoms. The van der Waals surface area contributed by atoms with Gasteiger partial charge in [-0.15, -0.1) is 0 Å². The van der Waals surface area contributed by atoms with Gasteiger partial charge in [-0.2, -0.15) is 0 Å². The van der Waals surface area contributed by atoms with Crippen molar-refractivity contribution in [2.24, 2.45) is 5.73 Å². The molecular formula is C18H27N3O3. The number of nitrogens with two attached hydrogens (primary N) is 1. The lowest BCUT2D eigenvalue weighted by Crippen LogP contribution is -2.30. The van der Waals surface area contributed by atoms with Crippen molar-refractivity contribution in [3.63, 3.8) is 0 Å². The van der Waals surface area contributed by atoms with E-state index >= 15 is 0 Å². The van der Waals surface area contributed by atoms with E-state index in [-0.39, 0.29) is 18.4 Å². The summed E-state index contributed by atoms with van der Waals surface area (Å²) < 4.78 is 4.74. The van der Waals surface area contributed by atoms with Gasteiger partial charge in [0.2, 0.25) is 5.91 Å². The lowest BCUT2D eigenvalue weighted by Gasteiger charge is -2.08. The number of unbranched alkanes of at least 4 members (excludes halogenated alkanes) is 1. The number of carbonyl (C=O) groups excluding carboxylic acids is 2. The van der Waals surface area contributed by atoms with Gasteiger partial charge in [-0.25, -0.2) is 0 Å². The fourth-order valence-electron chi connectivity index (χ4n) is 1.61. The van der Waals surface area contributed by atoms with Crippen molar-refractivity contribution < 1.29 is 14.3 Å². The number of rotatable bonds is 13. The number of nitrogens with one attached hydrogen (secondary N) is 2. The van der Waals surface area contributed by atoms with E-state index in [1.165, 1.54) is 6.26 Å². The Kier molecular flexibility index (Phi) is 12.3. The standard InChI is InChI=1S/C18H27N3O3/c1-4-9-16(19)10-7-6-8-12-21-18(23)15(3)11-13-20-17(22)14-24-5-2/h4-5,7,9-10H,1-3,6,8,11-14,19H2,(H,20,22)(H,21,23)/b10-7+,16-9+. The fourth-order valence-corrected chi connectivity index (χ4v) is 1.61. The Balaban J connectivity index is 3.78. The third-order valence-electron chi connectivity index (χ3n) is 2.86. The van der Waals surface area contributed by atoms with Crippen molar-refractivity contribution in [3.05, 3.63) is 61.6 Å². The van der Waals surface area contributed by atoms with Crippen molar-refractivity contribution in [1.82, 2.24) is 10.6 Å². The lowest BCUT2D eigenvalue weighted by atomic mass is 10.2. The van der Waals surface area contributed by atoms with Crippen LogP contribution in [0.1, 0.15) is 19.3 Å². The molecule has 24 heavy (non-hydrogen) atoms. The average molecular weight is 333 g/mol. The van der Waals surface area contributed by atoms with Gasteiger partial charge in [0.05, 0.1) is 6.26 Å². The van der Waals surface area contributed by atoms with E-state index in [4.69, 9.17) is 10.5 Å². The van der Waals surface area contributed by atoms with Gasteiger partial charge in [0.25, 0.3) is 5.91 Å². The highest BCUT2D eigenvalue weighted by atomic mass is 16.5. The number of carbonyl (C=O) groups is 2. The average Bonchev–Trinajstić information content (AvgIpc) is 2.55. The van der Waals surface area contributed by atoms with Crippen molar-refractivity contribution >= 4 is 11.8 Å². The number of amides is 2. The maximum atomic E-state index is 11.8. The van der Waals surface area contributed by atoms with E-state index in [0.29, 0.717) is 30.8 Å². The van der Waals surface area contributed by atoms with Gasteiger partial charge < -0.3 is 21.1 Å². The van der Waals surface area contributed by atoms with Crippen molar-refractivity contribution in [3.8, 4) is 0 Å². The second-order valence-corrected chi connectivity index (χ2v) is 4.88. The molecule has 0 heterocycles. The van der Waals surface area contributed by atoms with Gasteiger partial charge in [-0.1, -0.05) is 31.9 Å². The van der Waals surface area contributed by atoms with Gasteiger partial charge in [0.15, 0.2) is 6.61 Å². The van der Waals surface area contributed by atoms with Crippen LogP contribution in [0.25, 0.3) is 0 Å². The summed E-state index contributed by atoms with van der Waals surface area (Å²) in [5, 5.41) is 5.41. The summed E-state index contributed by atoms with van der Waals surface area (Å²) in [5.41, 5.74) is 6.73. The Morgan fingerprint density at radius 1 is 1.17 bits per heavy atom. The minimum atomic E-state index is -0.264. The lowest BCUT2D eigenvalue weighted by molar-refractivity contribution is -0.124. The van der Waals surface area contributed by atoms with Gasteiger partial charge in [0.1, 0.15) is 0 Å². The molecule has 0 rings (SSSR count). The molecule has 0 aliphatic rings. The Morgan fingerprint density at radius 2 is 1.92 bits per heavy atom. The molecule has 0 saturated heterocycles. The van der Waals surface area contributed by atoms with Crippen LogP contribution in [-0.2, 0) is 14.3 Å². The summed E-state index contributed by atoms with van der Waals surface area (Å²) >= 11 is 0. The molecule has 132 valence electrons. The predicted molar refractivity (Wildman–Crippen MR) is 96.8 cm³/mol. The molecule has 0 spiro atoms. The van der Waals surface area contributed by atoms with Crippen LogP contribution in [0.3, 0.4) is 0 Å². The Hall–Kier alpha value is -2.76. The van der Waals surface area contributed by atoms with E-state index in [0.717, 1.165) is 12.8 Å². The Labute approximate surface area is 143 Å². The van der Waals surface area contributed by atoms with Gasteiger partial charge in [-0.3, -0.25) is 9.59 Å². The molecule has 0 unspecified atom stereocenters. The van der Waals surface area contributed by atoms with Crippen LogP contribution in [0.2, 0.25) is 0 Å². The quantitative estimate of drug-likeness (QED) is 0.207. The normalized spacial score (nSPS) is 10.9. The van der Waals surface area contributed by atoms with E-state index in [1.54, 1.807) is 18.2 Å². The number of hydrogen-bond acceptors (Lipinski definition) is 4. The van der Waals surface area contributed by atoms with E-state index < -0.39 is 0 Å². The highest BCUT2D eigenvalue weighted by molar-refractivity contribution is 5.92. The van der Waals surface area contributed by atoms with Crippen LogP contribution in [0.5, 0.6) is 0 Å². The molecule has 0 aromatic carbocycles. The SMILES string of the molecule is C=C/C=C(N)\C=C\CCCNC(=O)C(=C)CCNC(=O)COC=C. The largest absolute Gasteiger partial charge is 0.492 e.